The zero-order valence-electron chi connectivity index (χ0n) is 15.5. The molecule has 146 valence electrons. The molecule has 1 aromatic rings. The van der Waals surface area contributed by atoms with Gasteiger partial charge in [0.25, 0.3) is 5.91 Å². The van der Waals surface area contributed by atoms with Gasteiger partial charge in [-0.25, -0.2) is 8.42 Å². The molecule has 1 atom stereocenters. The highest BCUT2D eigenvalue weighted by molar-refractivity contribution is 7.91. The van der Waals surface area contributed by atoms with E-state index < -0.39 is 28.3 Å². The van der Waals surface area contributed by atoms with Gasteiger partial charge in [0.2, 0.25) is 5.89 Å². The van der Waals surface area contributed by atoms with E-state index in [0.29, 0.717) is 18.1 Å². The monoisotopic (exact) mass is 387 g/mol. The number of sulfone groups is 1. The van der Waals surface area contributed by atoms with E-state index in [0.717, 1.165) is 0 Å². The summed E-state index contributed by atoms with van der Waals surface area (Å²) in [5.74, 6) is -0.0445. The van der Waals surface area contributed by atoms with Crippen molar-refractivity contribution in [2.45, 2.75) is 51.5 Å². The first-order chi connectivity index (χ1) is 12.0. The van der Waals surface area contributed by atoms with Crippen LogP contribution in [0.2, 0.25) is 0 Å². The second-order valence-electron chi connectivity index (χ2n) is 7.48. The Morgan fingerprint density at radius 3 is 2.58 bits per heavy atom. The van der Waals surface area contributed by atoms with Crippen LogP contribution in [0.3, 0.4) is 0 Å². The molecule has 1 aliphatic heterocycles. The highest BCUT2D eigenvalue weighted by atomic mass is 32.2. The van der Waals surface area contributed by atoms with Crippen molar-refractivity contribution in [1.29, 1.82) is 0 Å². The third-order valence-corrected chi connectivity index (χ3v) is 5.94. The van der Waals surface area contributed by atoms with Gasteiger partial charge in [-0.3, -0.25) is 9.59 Å². The Kier molecular flexibility index (Phi) is 6.05. The molecule has 26 heavy (non-hydrogen) atoms. The van der Waals surface area contributed by atoms with E-state index in [4.69, 9.17) is 9.26 Å². The minimum Gasteiger partial charge on any atom is -0.456 e. The lowest BCUT2D eigenvalue weighted by Gasteiger charge is -2.23. The van der Waals surface area contributed by atoms with Crippen molar-refractivity contribution in [2.24, 2.45) is 0 Å². The number of rotatable bonds is 6. The molecule has 1 unspecified atom stereocenters. The highest BCUT2D eigenvalue weighted by Crippen LogP contribution is 2.19. The number of likely N-dealkylation sites (N-methyl/N-ethyl adjacent to an activating group) is 1. The number of amides is 1. The lowest BCUT2D eigenvalue weighted by atomic mass is 9.96. The van der Waals surface area contributed by atoms with E-state index in [9.17, 15) is 18.0 Å². The van der Waals surface area contributed by atoms with Gasteiger partial charge >= 0.3 is 5.97 Å². The molecule has 1 fully saturated rings. The molecule has 10 heteroatoms. The molecule has 1 amide bonds. The normalized spacial score (nSPS) is 19.3. The van der Waals surface area contributed by atoms with Gasteiger partial charge in [-0.15, -0.1) is 0 Å². The fourth-order valence-corrected chi connectivity index (χ4v) is 4.25. The SMILES string of the molecule is CN(C(=O)COC(=O)CCc1nc(C(C)(C)C)no1)C1CCS(=O)(=O)C1. The molecular formula is C16H25N3O6S. The summed E-state index contributed by atoms with van der Waals surface area (Å²) < 4.78 is 33.0. The van der Waals surface area contributed by atoms with E-state index in [1.807, 2.05) is 20.8 Å². The zero-order valence-corrected chi connectivity index (χ0v) is 16.3. The Morgan fingerprint density at radius 1 is 1.35 bits per heavy atom. The summed E-state index contributed by atoms with van der Waals surface area (Å²) in [6.45, 7) is 5.44. The van der Waals surface area contributed by atoms with Crippen LogP contribution in [0.1, 0.15) is 45.3 Å². The number of aryl methyl sites for hydroxylation is 1. The summed E-state index contributed by atoms with van der Waals surface area (Å²) in [4.78, 5) is 29.4. The summed E-state index contributed by atoms with van der Waals surface area (Å²) in [7, 11) is -1.56. The maximum atomic E-state index is 12.0. The van der Waals surface area contributed by atoms with Crippen molar-refractivity contribution in [3.63, 3.8) is 0 Å². The molecule has 2 rings (SSSR count). The molecule has 0 aliphatic carbocycles. The van der Waals surface area contributed by atoms with Gasteiger partial charge in [0.05, 0.1) is 17.9 Å². The Labute approximate surface area is 153 Å². The molecule has 0 aromatic carbocycles. The molecule has 1 aromatic heterocycles. The van der Waals surface area contributed by atoms with Crippen LogP contribution in [-0.4, -0.2) is 66.5 Å². The number of hydrogen-bond donors (Lipinski definition) is 0. The fraction of sp³-hybridized carbons (Fsp3) is 0.750. The van der Waals surface area contributed by atoms with Gasteiger partial charge in [0, 0.05) is 24.9 Å². The van der Waals surface area contributed by atoms with E-state index in [-0.39, 0.29) is 35.8 Å². The van der Waals surface area contributed by atoms with Crippen LogP contribution in [0.4, 0.5) is 0 Å². The molecule has 0 radical (unpaired) electrons. The summed E-state index contributed by atoms with van der Waals surface area (Å²) in [5.41, 5.74) is -0.243. The molecule has 0 spiro atoms. The first-order valence-electron chi connectivity index (χ1n) is 8.43. The quantitative estimate of drug-likeness (QED) is 0.647. The topological polar surface area (TPSA) is 120 Å². The average Bonchev–Trinajstić information content (AvgIpc) is 3.15. The minimum atomic E-state index is -3.08. The highest BCUT2D eigenvalue weighted by Gasteiger charge is 2.33. The minimum absolute atomic E-state index is 0.0145. The van der Waals surface area contributed by atoms with E-state index in [1.54, 1.807) is 0 Å². The van der Waals surface area contributed by atoms with Gasteiger partial charge in [-0.1, -0.05) is 25.9 Å². The first kappa shape index (κ1) is 20.3. The lowest BCUT2D eigenvalue weighted by molar-refractivity contribution is -0.152. The number of carbonyl (C=O) groups excluding carboxylic acids is 2. The van der Waals surface area contributed by atoms with Crippen molar-refractivity contribution in [3.05, 3.63) is 11.7 Å². The maximum Gasteiger partial charge on any atom is 0.306 e. The molecule has 9 nitrogen and oxygen atoms in total. The van der Waals surface area contributed by atoms with Crippen molar-refractivity contribution in [2.75, 3.05) is 25.2 Å². The van der Waals surface area contributed by atoms with Crippen LogP contribution < -0.4 is 0 Å². The van der Waals surface area contributed by atoms with Crippen molar-refractivity contribution in [1.82, 2.24) is 15.0 Å². The Bertz CT molecular complexity index is 765. The largest absolute Gasteiger partial charge is 0.456 e. The number of nitrogens with zero attached hydrogens (tertiary/aromatic N) is 3. The van der Waals surface area contributed by atoms with E-state index in [1.165, 1.54) is 11.9 Å². The standard InChI is InChI=1S/C16H25N3O6S/c1-16(2,3)15-17-12(25-18-15)5-6-14(21)24-9-13(20)19(4)11-7-8-26(22,23)10-11/h11H,5-10H2,1-4H3. The second-order valence-corrected chi connectivity index (χ2v) is 9.71. The molecule has 0 N–H and O–H groups in total. The van der Waals surface area contributed by atoms with Crippen molar-refractivity contribution < 1.29 is 27.3 Å². The first-order valence-corrected chi connectivity index (χ1v) is 10.2. The Balaban J connectivity index is 1.74. The third kappa shape index (κ3) is 5.52. The maximum absolute atomic E-state index is 12.0. The average molecular weight is 387 g/mol. The van der Waals surface area contributed by atoms with Gasteiger partial charge in [-0.05, 0) is 6.42 Å². The van der Waals surface area contributed by atoms with Gasteiger partial charge in [0.1, 0.15) is 0 Å². The smallest absolute Gasteiger partial charge is 0.306 e. The van der Waals surface area contributed by atoms with Crippen molar-refractivity contribution in [3.8, 4) is 0 Å². The molecule has 2 heterocycles. The van der Waals surface area contributed by atoms with Crippen LogP contribution in [0.5, 0.6) is 0 Å². The predicted molar refractivity (Wildman–Crippen MR) is 92.1 cm³/mol. The Morgan fingerprint density at radius 2 is 2.04 bits per heavy atom. The molecule has 0 saturated carbocycles. The number of hydrogen-bond acceptors (Lipinski definition) is 8. The number of aromatic nitrogens is 2. The van der Waals surface area contributed by atoms with E-state index >= 15 is 0 Å². The molecule has 0 bridgehead atoms. The number of carbonyl (C=O) groups is 2. The van der Waals surface area contributed by atoms with Gasteiger partial charge < -0.3 is 14.2 Å². The van der Waals surface area contributed by atoms with Gasteiger partial charge in [-0.2, -0.15) is 4.98 Å². The second kappa shape index (κ2) is 7.73. The number of ether oxygens (including phenoxy) is 1. The van der Waals surface area contributed by atoms with Crippen LogP contribution in [0.25, 0.3) is 0 Å². The fourth-order valence-electron chi connectivity index (χ4n) is 2.47. The molecule has 1 saturated heterocycles. The molecule has 1 aliphatic rings. The Hall–Kier alpha value is -1.97. The zero-order chi connectivity index (χ0) is 19.5. The van der Waals surface area contributed by atoms with Crippen LogP contribution >= 0.6 is 0 Å². The summed E-state index contributed by atoms with van der Waals surface area (Å²) in [5, 5.41) is 3.87. The number of esters is 1. The van der Waals surface area contributed by atoms with Crippen molar-refractivity contribution >= 4 is 21.7 Å². The van der Waals surface area contributed by atoms with E-state index in [2.05, 4.69) is 10.1 Å². The van der Waals surface area contributed by atoms with Crippen LogP contribution in [0.15, 0.2) is 4.52 Å². The summed E-state index contributed by atoms with van der Waals surface area (Å²) in [6, 6.07) is -0.361. The predicted octanol–water partition coefficient (Wildman–Crippen LogP) is 0.488. The summed E-state index contributed by atoms with van der Waals surface area (Å²) in [6.07, 6.45) is 0.652. The van der Waals surface area contributed by atoms with Crippen LogP contribution in [0, 0.1) is 0 Å². The van der Waals surface area contributed by atoms with Crippen LogP contribution in [-0.2, 0) is 36.0 Å². The third-order valence-electron chi connectivity index (χ3n) is 4.19. The summed E-state index contributed by atoms with van der Waals surface area (Å²) >= 11 is 0. The molecular weight excluding hydrogens is 362 g/mol. The lowest BCUT2D eigenvalue weighted by Crippen LogP contribution is -2.40. The van der Waals surface area contributed by atoms with Gasteiger partial charge in [0.15, 0.2) is 22.3 Å².